The lowest BCUT2D eigenvalue weighted by molar-refractivity contribution is 0.0811. The average molecular weight is 376 g/mol. The monoisotopic (exact) mass is 374 g/mol. The van der Waals surface area contributed by atoms with E-state index in [9.17, 15) is 13.6 Å². The minimum absolute atomic E-state index is 0.322. The van der Waals surface area contributed by atoms with Crippen molar-refractivity contribution in [2.45, 2.75) is 13.0 Å². The SMILES string of the molecule is CC(Oc1cc(Br)cc(F)c1F)C(=O)c1ccc(Cl)cc1. The van der Waals surface area contributed by atoms with Gasteiger partial charge in [-0.05, 0) is 43.3 Å². The van der Waals surface area contributed by atoms with E-state index in [4.69, 9.17) is 16.3 Å². The standard InChI is InChI=1S/C15H10BrClF2O2/c1-8(15(20)9-2-4-11(17)5-3-9)21-13-7-10(16)6-12(18)14(13)19/h2-8H,1H3. The highest BCUT2D eigenvalue weighted by Gasteiger charge is 2.20. The third-order valence-electron chi connectivity index (χ3n) is 2.76. The van der Waals surface area contributed by atoms with Crippen LogP contribution < -0.4 is 4.74 Å². The number of carbonyl (C=O) groups excluding carboxylic acids is 1. The van der Waals surface area contributed by atoms with Crippen molar-refractivity contribution >= 4 is 33.3 Å². The third kappa shape index (κ3) is 3.80. The molecule has 2 aromatic carbocycles. The fourth-order valence-corrected chi connectivity index (χ4v) is 2.25. The number of ether oxygens (including phenoxy) is 1. The molecule has 0 radical (unpaired) electrons. The third-order valence-corrected chi connectivity index (χ3v) is 3.47. The Bertz CT molecular complexity index is 674. The summed E-state index contributed by atoms with van der Waals surface area (Å²) in [7, 11) is 0. The van der Waals surface area contributed by atoms with Crippen LogP contribution in [0.25, 0.3) is 0 Å². The highest BCUT2D eigenvalue weighted by molar-refractivity contribution is 9.10. The van der Waals surface area contributed by atoms with Crippen LogP contribution in [0.2, 0.25) is 5.02 Å². The number of hydrogen-bond acceptors (Lipinski definition) is 2. The Balaban J connectivity index is 2.20. The zero-order valence-corrected chi connectivity index (χ0v) is 13.2. The quantitative estimate of drug-likeness (QED) is 0.553. The molecule has 1 unspecified atom stereocenters. The maximum atomic E-state index is 13.6. The number of hydrogen-bond donors (Lipinski definition) is 0. The lowest BCUT2D eigenvalue weighted by atomic mass is 10.1. The van der Waals surface area contributed by atoms with Crippen LogP contribution in [0.3, 0.4) is 0 Å². The van der Waals surface area contributed by atoms with Gasteiger partial charge in [0, 0.05) is 15.1 Å². The van der Waals surface area contributed by atoms with E-state index < -0.39 is 17.7 Å². The molecule has 2 aromatic rings. The number of benzene rings is 2. The van der Waals surface area contributed by atoms with E-state index >= 15 is 0 Å². The fourth-order valence-electron chi connectivity index (χ4n) is 1.71. The molecule has 0 N–H and O–H groups in total. The lowest BCUT2D eigenvalue weighted by Gasteiger charge is -2.15. The molecule has 0 heterocycles. The van der Waals surface area contributed by atoms with E-state index in [1.807, 2.05) is 0 Å². The molecule has 0 aromatic heterocycles. The van der Waals surface area contributed by atoms with Gasteiger partial charge in [0.2, 0.25) is 11.6 Å². The normalized spacial score (nSPS) is 12.0. The molecule has 1 atom stereocenters. The van der Waals surface area contributed by atoms with E-state index in [0.29, 0.717) is 15.1 Å². The maximum absolute atomic E-state index is 13.6. The zero-order valence-electron chi connectivity index (χ0n) is 10.9. The second-order valence-corrected chi connectivity index (χ2v) is 5.68. The summed E-state index contributed by atoms with van der Waals surface area (Å²) >= 11 is 8.78. The highest BCUT2D eigenvalue weighted by atomic mass is 79.9. The Kier molecular flexibility index (Phi) is 4.96. The Hall–Kier alpha value is -1.46. The molecule has 0 aliphatic rings. The number of rotatable bonds is 4. The van der Waals surface area contributed by atoms with Crippen molar-refractivity contribution in [3.63, 3.8) is 0 Å². The van der Waals surface area contributed by atoms with Crippen molar-refractivity contribution in [1.82, 2.24) is 0 Å². The van der Waals surface area contributed by atoms with Crippen molar-refractivity contribution in [2.75, 3.05) is 0 Å². The van der Waals surface area contributed by atoms with Gasteiger partial charge in [0.15, 0.2) is 17.7 Å². The molecule has 2 rings (SSSR count). The second-order valence-electron chi connectivity index (χ2n) is 4.33. The minimum Gasteiger partial charge on any atom is -0.479 e. The summed E-state index contributed by atoms with van der Waals surface area (Å²) in [6.07, 6.45) is -0.964. The zero-order chi connectivity index (χ0) is 15.6. The number of Topliss-reactive ketones (excluding diaryl/α,β-unsaturated/α-hetero) is 1. The van der Waals surface area contributed by atoms with Crippen molar-refractivity contribution in [3.05, 3.63) is 63.1 Å². The van der Waals surface area contributed by atoms with Crippen LogP contribution in [0.1, 0.15) is 17.3 Å². The largest absolute Gasteiger partial charge is 0.479 e. The first-order valence-electron chi connectivity index (χ1n) is 5.99. The van der Waals surface area contributed by atoms with Gasteiger partial charge in [0.05, 0.1) is 0 Å². The maximum Gasteiger partial charge on any atom is 0.202 e. The van der Waals surface area contributed by atoms with Crippen LogP contribution in [-0.4, -0.2) is 11.9 Å². The van der Waals surface area contributed by atoms with Crippen LogP contribution in [-0.2, 0) is 0 Å². The van der Waals surface area contributed by atoms with Crippen molar-refractivity contribution < 1.29 is 18.3 Å². The van der Waals surface area contributed by atoms with E-state index in [2.05, 4.69) is 15.9 Å². The van der Waals surface area contributed by atoms with E-state index in [0.717, 1.165) is 6.07 Å². The summed E-state index contributed by atoms with van der Waals surface area (Å²) in [5.74, 6) is -2.86. The van der Waals surface area contributed by atoms with E-state index in [1.54, 1.807) is 24.3 Å². The molecule has 6 heteroatoms. The molecule has 110 valence electrons. The molecule has 0 fully saturated rings. The summed E-state index contributed by atoms with van der Waals surface area (Å²) in [6, 6.07) is 8.48. The summed E-state index contributed by atoms with van der Waals surface area (Å²) in [5.41, 5.74) is 0.378. The van der Waals surface area contributed by atoms with Crippen molar-refractivity contribution in [1.29, 1.82) is 0 Å². The summed E-state index contributed by atoms with van der Waals surface area (Å²) in [4.78, 5) is 12.1. The van der Waals surface area contributed by atoms with Crippen LogP contribution in [0.15, 0.2) is 40.9 Å². The number of halogens is 4. The summed E-state index contributed by atoms with van der Waals surface area (Å²) in [5, 5.41) is 0.500. The van der Waals surface area contributed by atoms with Crippen LogP contribution in [0, 0.1) is 11.6 Å². The highest BCUT2D eigenvalue weighted by Crippen LogP contribution is 2.26. The molecule has 0 bridgehead atoms. The molecular weight excluding hydrogens is 366 g/mol. The van der Waals surface area contributed by atoms with Crippen LogP contribution in [0.4, 0.5) is 8.78 Å². The molecular formula is C15H10BrClF2O2. The van der Waals surface area contributed by atoms with Gasteiger partial charge in [-0.25, -0.2) is 4.39 Å². The van der Waals surface area contributed by atoms with Gasteiger partial charge in [-0.2, -0.15) is 4.39 Å². The topological polar surface area (TPSA) is 26.3 Å². The van der Waals surface area contributed by atoms with E-state index in [-0.39, 0.29) is 11.5 Å². The summed E-state index contributed by atoms with van der Waals surface area (Å²) in [6.45, 7) is 1.47. The minimum atomic E-state index is -1.13. The Labute approximate surface area is 133 Å². The molecule has 21 heavy (non-hydrogen) atoms. The lowest BCUT2D eigenvalue weighted by Crippen LogP contribution is -2.24. The first-order valence-corrected chi connectivity index (χ1v) is 7.16. The molecule has 2 nitrogen and oxygen atoms in total. The predicted octanol–water partition coefficient (Wildman–Crippen LogP) is 5.03. The Morgan fingerprint density at radius 2 is 1.86 bits per heavy atom. The predicted molar refractivity (Wildman–Crippen MR) is 79.9 cm³/mol. The Morgan fingerprint density at radius 3 is 2.48 bits per heavy atom. The summed E-state index contributed by atoms with van der Waals surface area (Å²) < 4.78 is 32.4. The van der Waals surface area contributed by atoms with Gasteiger partial charge in [-0.15, -0.1) is 0 Å². The molecule has 0 amide bonds. The number of ketones is 1. The first-order chi connectivity index (χ1) is 9.88. The van der Waals surface area contributed by atoms with Crippen LogP contribution >= 0.6 is 27.5 Å². The average Bonchev–Trinajstić information content (AvgIpc) is 2.44. The van der Waals surface area contributed by atoms with Crippen molar-refractivity contribution in [2.24, 2.45) is 0 Å². The second kappa shape index (κ2) is 6.54. The van der Waals surface area contributed by atoms with Gasteiger partial charge >= 0.3 is 0 Å². The van der Waals surface area contributed by atoms with E-state index in [1.165, 1.54) is 13.0 Å². The molecule has 0 spiro atoms. The Morgan fingerprint density at radius 1 is 1.24 bits per heavy atom. The van der Waals surface area contributed by atoms with Gasteiger partial charge in [-0.3, -0.25) is 4.79 Å². The molecule has 0 saturated heterocycles. The van der Waals surface area contributed by atoms with Gasteiger partial charge in [0.1, 0.15) is 0 Å². The van der Waals surface area contributed by atoms with Gasteiger partial charge < -0.3 is 4.74 Å². The molecule has 0 aliphatic carbocycles. The first kappa shape index (κ1) is 15.9. The smallest absolute Gasteiger partial charge is 0.202 e. The van der Waals surface area contributed by atoms with Crippen molar-refractivity contribution in [3.8, 4) is 5.75 Å². The van der Waals surface area contributed by atoms with Crippen LogP contribution in [0.5, 0.6) is 5.75 Å². The molecule has 0 saturated carbocycles. The van der Waals surface area contributed by atoms with Gasteiger partial charge in [-0.1, -0.05) is 27.5 Å². The fraction of sp³-hybridized carbons (Fsp3) is 0.133. The van der Waals surface area contributed by atoms with Gasteiger partial charge in [0.25, 0.3) is 0 Å². The molecule has 0 aliphatic heterocycles. The number of carbonyl (C=O) groups is 1.